The average Bonchev–Trinajstić information content (AvgIpc) is 2.83. The van der Waals surface area contributed by atoms with Gasteiger partial charge in [-0.25, -0.2) is 0 Å². The van der Waals surface area contributed by atoms with E-state index in [0.717, 1.165) is 37.5 Å². The number of nitrogens with zero attached hydrogens (tertiary/aromatic N) is 2. The smallest absolute Gasteiger partial charge is 0.226 e. The highest BCUT2D eigenvalue weighted by atomic mass is 16.5. The molecule has 0 amide bonds. The molecule has 0 spiro atoms. The zero-order valence-corrected chi connectivity index (χ0v) is 10.9. The molecule has 4 nitrogen and oxygen atoms in total. The molecular formula is C14H19N3O. The second-order valence-corrected chi connectivity index (χ2v) is 4.38. The van der Waals surface area contributed by atoms with Crippen molar-refractivity contribution in [3.8, 4) is 0 Å². The van der Waals surface area contributed by atoms with Crippen molar-refractivity contribution in [2.45, 2.75) is 26.2 Å². The summed E-state index contributed by atoms with van der Waals surface area (Å²) >= 11 is 0. The molecule has 0 fully saturated rings. The molecular weight excluding hydrogens is 226 g/mol. The molecule has 0 saturated carbocycles. The maximum Gasteiger partial charge on any atom is 0.226 e. The summed E-state index contributed by atoms with van der Waals surface area (Å²) in [5.41, 5.74) is 2.65. The Hall–Kier alpha value is -1.68. The normalized spacial score (nSPS) is 10.8. The zero-order valence-electron chi connectivity index (χ0n) is 10.9. The minimum absolute atomic E-state index is 0.726. The molecule has 0 aliphatic carbocycles. The topological polar surface area (TPSA) is 51.0 Å². The van der Waals surface area contributed by atoms with Gasteiger partial charge in [-0.3, -0.25) is 0 Å². The van der Waals surface area contributed by atoms with Crippen molar-refractivity contribution < 1.29 is 4.52 Å². The third-order valence-corrected chi connectivity index (χ3v) is 2.98. The van der Waals surface area contributed by atoms with Crippen LogP contribution in [0.4, 0.5) is 0 Å². The van der Waals surface area contributed by atoms with E-state index in [-0.39, 0.29) is 0 Å². The molecule has 0 atom stereocenters. The van der Waals surface area contributed by atoms with Crippen molar-refractivity contribution in [3.63, 3.8) is 0 Å². The van der Waals surface area contributed by atoms with Crippen LogP contribution in [0.1, 0.15) is 22.8 Å². The summed E-state index contributed by atoms with van der Waals surface area (Å²) in [6, 6.07) is 8.39. The zero-order chi connectivity index (χ0) is 12.8. The van der Waals surface area contributed by atoms with Crippen molar-refractivity contribution in [2.75, 3.05) is 13.6 Å². The van der Waals surface area contributed by atoms with Gasteiger partial charge in [-0.05, 0) is 31.5 Å². The van der Waals surface area contributed by atoms with Gasteiger partial charge >= 0.3 is 0 Å². The number of aromatic nitrogens is 2. The van der Waals surface area contributed by atoms with Gasteiger partial charge in [0.05, 0.1) is 0 Å². The highest BCUT2D eigenvalue weighted by Crippen LogP contribution is 2.10. The molecule has 1 heterocycles. The Morgan fingerprint density at radius 3 is 2.78 bits per heavy atom. The van der Waals surface area contributed by atoms with Gasteiger partial charge in [0.25, 0.3) is 0 Å². The third-order valence-electron chi connectivity index (χ3n) is 2.98. The van der Waals surface area contributed by atoms with Crippen molar-refractivity contribution >= 4 is 0 Å². The number of aryl methyl sites for hydroxylation is 3. The summed E-state index contributed by atoms with van der Waals surface area (Å²) in [7, 11) is 1.92. The fraction of sp³-hybridized carbons (Fsp3) is 0.429. The van der Waals surface area contributed by atoms with Crippen LogP contribution in [0, 0.1) is 6.92 Å². The average molecular weight is 245 g/mol. The van der Waals surface area contributed by atoms with Gasteiger partial charge in [-0.15, -0.1) is 0 Å². The molecule has 0 aliphatic heterocycles. The molecule has 0 radical (unpaired) electrons. The van der Waals surface area contributed by atoms with Crippen LogP contribution in [0.25, 0.3) is 0 Å². The van der Waals surface area contributed by atoms with E-state index in [1.165, 1.54) is 11.1 Å². The van der Waals surface area contributed by atoms with Crippen molar-refractivity contribution in [1.29, 1.82) is 0 Å². The lowest BCUT2D eigenvalue weighted by Gasteiger charge is -2.02. The Labute approximate surface area is 107 Å². The highest BCUT2D eigenvalue weighted by molar-refractivity contribution is 5.25. The van der Waals surface area contributed by atoms with Crippen LogP contribution in [0.5, 0.6) is 0 Å². The summed E-state index contributed by atoms with van der Waals surface area (Å²) in [4.78, 5) is 4.37. The number of hydrogen-bond acceptors (Lipinski definition) is 4. The third kappa shape index (κ3) is 3.40. The first kappa shape index (κ1) is 12.8. The number of hydrogen-bond donors (Lipinski definition) is 1. The second kappa shape index (κ2) is 6.31. The lowest BCUT2D eigenvalue weighted by molar-refractivity contribution is 0.372. The van der Waals surface area contributed by atoms with Crippen molar-refractivity contribution in [2.24, 2.45) is 0 Å². The van der Waals surface area contributed by atoms with Gasteiger partial charge in [-0.1, -0.05) is 29.4 Å². The SMILES string of the molecule is CNCCc1noc(CCc2ccccc2C)n1. The number of likely N-dealkylation sites (N-methyl/N-ethyl adjacent to an activating group) is 1. The van der Waals surface area contributed by atoms with Crippen LogP contribution in [-0.2, 0) is 19.3 Å². The van der Waals surface area contributed by atoms with Gasteiger partial charge in [0.15, 0.2) is 5.82 Å². The molecule has 96 valence electrons. The van der Waals surface area contributed by atoms with Gasteiger partial charge < -0.3 is 9.84 Å². The minimum Gasteiger partial charge on any atom is -0.339 e. The Kier molecular flexibility index (Phi) is 4.47. The maximum absolute atomic E-state index is 5.23. The van der Waals surface area contributed by atoms with E-state index in [2.05, 4.69) is 46.6 Å². The molecule has 0 unspecified atom stereocenters. The van der Waals surface area contributed by atoms with Gasteiger partial charge in [0, 0.05) is 19.4 Å². The fourth-order valence-corrected chi connectivity index (χ4v) is 1.86. The first-order valence-electron chi connectivity index (χ1n) is 6.30. The molecule has 1 aromatic heterocycles. The lowest BCUT2D eigenvalue weighted by atomic mass is 10.0. The summed E-state index contributed by atoms with van der Waals surface area (Å²) in [6.07, 6.45) is 2.56. The van der Waals surface area contributed by atoms with E-state index in [0.29, 0.717) is 0 Å². The van der Waals surface area contributed by atoms with Gasteiger partial charge in [0.1, 0.15) is 0 Å². The summed E-state index contributed by atoms with van der Waals surface area (Å²) in [6.45, 7) is 3.00. The van der Waals surface area contributed by atoms with Crippen LogP contribution >= 0.6 is 0 Å². The highest BCUT2D eigenvalue weighted by Gasteiger charge is 2.06. The molecule has 4 heteroatoms. The van der Waals surface area contributed by atoms with Crippen LogP contribution in [0.15, 0.2) is 28.8 Å². The second-order valence-electron chi connectivity index (χ2n) is 4.38. The van der Waals surface area contributed by atoms with Crippen LogP contribution < -0.4 is 5.32 Å². The molecule has 2 aromatic rings. The first-order valence-corrected chi connectivity index (χ1v) is 6.30. The standard InChI is InChI=1S/C14H19N3O/c1-11-5-3-4-6-12(11)7-8-14-16-13(17-18-14)9-10-15-2/h3-6,15H,7-10H2,1-2H3. The van der Waals surface area contributed by atoms with E-state index in [4.69, 9.17) is 4.52 Å². The Balaban J connectivity index is 1.90. The van der Waals surface area contributed by atoms with Crippen LogP contribution in [0.2, 0.25) is 0 Å². The predicted molar refractivity (Wildman–Crippen MR) is 70.5 cm³/mol. The van der Waals surface area contributed by atoms with Crippen LogP contribution in [-0.4, -0.2) is 23.7 Å². The quantitative estimate of drug-likeness (QED) is 0.845. The molecule has 0 aliphatic rings. The van der Waals surface area contributed by atoms with Crippen LogP contribution in [0.3, 0.4) is 0 Å². The molecule has 1 aromatic carbocycles. The molecule has 1 N–H and O–H groups in total. The maximum atomic E-state index is 5.23. The Bertz CT molecular complexity index is 493. The molecule has 0 saturated heterocycles. The minimum atomic E-state index is 0.726. The van der Waals surface area contributed by atoms with E-state index >= 15 is 0 Å². The Morgan fingerprint density at radius 2 is 2.00 bits per heavy atom. The first-order chi connectivity index (χ1) is 8.79. The number of rotatable bonds is 6. The van der Waals surface area contributed by atoms with Gasteiger partial charge in [0.2, 0.25) is 5.89 Å². The van der Waals surface area contributed by atoms with E-state index in [9.17, 15) is 0 Å². The fourth-order valence-electron chi connectivity index (χ4n) is 1.86. The van der Waals surface area contributed by atoms with E-state index < -0.39 is 0 Å². The molecule has 0 bridgehead atoms. The monoisotopic (exact) mass is 245 g/mol. The largest absolute Gasteiger partial charge is 0.339 e. The summed E-state index contributed by atoms with van der Waals surface area (Å²) in [5, 5.41) is 7.03. The predicted octanol–water partition coefficient (Wildman–Crippen LogP) is 1.93. The number of nitrogens with one attached hydrogen (secondary N) is 1. The van der Waals surface area contributed by atoms with Crippen molar-refractivity contribution in [1.82, 2.24) is 15.5 Å². The molecule has 18 heavy (non-hydrogen) atoms. The molecule has 2 rings (SSSR count). The van der Waals surface area contributed by atoms with Crippen molar-refractivity contribution in [3.05, 3.63) is 47.1 Å². The van der Waals surface area contributed by atoms with E-state index in [1.807, 2.05) is 7.05 Å². The lowest BCUT2D eigenvalue weighted by Crippen LogP contribution is -2.11. The summed E-state index contributed by atoms with van der Waals surface area (Å²) in [5.74, 6) is 1.51. The number of benzene rings is 1. The Morgan fingerprint density at radius 1 is 1.17 bits per heavy atom. The summed E-state index contributed by atoms with van der Waals surface area (Å²) < 4.78 is 5.23. The van der Waals surface area contributed by atoms with Gasteiger partial charge in [-0.2, -0.15) is 4.98 Å². The van der Waals surface area contributed by atoms with E-state index in [1.54, 1.807) is 0 Å².